The van der Waals surface area contributed by atoms with E-state index < -0.39 is 6.09 Å². The molecule has 0 aromatic carbocycles. The fourth-order valence-corrected chi connectivity index (χ4v) is 4.23. The van der Waals surface area contributed by atoms with Crippen molar-refractivity contribution in [2.45, 2.75) is 38.2 Å². The van der Waals surface area contributed by atoms with Crippen molar-refractivity contribution >= 4 is 6.09 Å². The molecular weight excluding hydrogens is 192 g/mol. The van der Waals surface area contributed by atoms with Crippen LogP contribution in [-0.4, -0.2) is 12.2 Å². The first-order chi connectivity index (χ1) is 7.26. The molecule has 0 radical (unpaired) electrons. The van der Waals surface area contributed by atoms with Crippen molar-refractivity contribution in [2.75, 3.05) is 0 Å². The molecule has 1 amide bonds. The average Bonchev–Trinajstić information content (AvgIpc) is 2.22. The van der Waals surface area contributed by atoms with Crippen LogP contribution in [0.1, 0.15) is 32.1 Å². The summed E-state index contributed by atoms with van der Waals surface area (Å²) in [5, 5.41) is 0. The van der Waals surface area contributed by atoms with Gasteiger partial charge < -0.3 is 4.74 Å². The number of hydrazine groups is 1. The summed E-state index contributed by atoms with van der Waals surface area (Å²) < 4.78 is 5.40. The average molecular weight is 210 g/mol. The lowest BCUT2D eigenvalue weighted by Crippen LogP contribution is -2.51. The third-order valence-electron chi connectivity index (χ3n) is 4.50. The van der Waals surface area contributed by atoms with Gasteiger partial charge in [0.15, 0.2) is 0 Å². The number of carbonyl (C=O) groups excluding carboxylic acids is 1. The van der Waals surface area contributed by atoms with Gasteiger partial charge in [-0.15, -0.1) is 0 Å². The number of ether oxygens (including phenoxy) is 1. The van der Waals surface area contributed by atoms with Crippen molar-refractivity contribution in [3.05, 3.63) is 0 Å². The Bertz CT molecular complexity index is 252. The quantitative estimate of drug-likeness (QED) is 0.391. The molecule has 3 N–H and O–H groups in total. The summed E-state index contributed by atoms with van der Waals surface area (Å²) in [5.74, 6) is 8.09. The molecule has 4 aliphatic rings. The highest BCUT2D eigenvalue weighted by Gasteiger charge is 2.49. The van der Waals surface area contributed by atoms with E-state index in [1.165, 1.54) is 32.1 Å². The Morgan fingerprint density at radius 1 is 1.07 bits per heavy atom. The van der Waals surface area contributed by atoms with Gasteiger partial charge >= 0.3 is 6.09 Å². The van der Waals surface area contributed by atoms with Crippen LogP contribution >= 0.6 is 0 Å². The van der Waals surface area contributed by atoms with Crippen molar-refractivity contribution in [1.29, 1.82) is 0 Å². The van der Waals surface area contributed by atoms with E-state index in [4.69, 9.17) is 10.6 Å². The van der Waals surface area contributed by atoms with Crippen molar-refractivity contribution < 1.29 is 9.53 Å². The molecule has 4 fully saturated rings. The lowest BCUT2D eigenvalue weighted by Gasteiger charge is -2.53. The SMILES string of the molecule is NNC(=O)OC1C2CC3CC(C2)CC1C3. The van der Waals surface area contributed by atoms with Crippen LogP contribution in [0.15, 0.2) is 0 Å². The largest absolute Gasteiger partial charge is 0.445 e. The highest BCUT2D eigenvalue weighted by molar-refractivity contribution is 5.66. The van der Waals surface area contributed by atoms with E-state index in [-0.39, 0.29) is 6.10 Å². The van der Waals surface area contributed by atoms with Crippen LogP contribution < -0.4 is 11.3 Å². The van der Waals surface area contributed by atoms with Gasteiger partial charge in [-0.1, -0.05) is 0 Å². The predicted molar refractivity (Wildman–Crippen MR) is 54.6 cm³/mol. The third kappa shape index (κ3) is 1.51. The van der Waals surface area contributed by atoms with E-state index in [2.05, 4.69) is 5.43 Å². The molecule has 0 aromatic heterocycles. The molecule has 4 rings (SSSR count). The van der Waals surface area contributed by atoms with Crippen LogP contribution in [0.2, 0.25) is 0 Å². The lowest BCUT2D eigenvalue weighted by molar-refractivity contribution is -0.0960. The summed E-state index contributed by atoms with van der Waals surface area (Å²) in [6.07, 6.45) is 6.13. The Morgan fingerprint density at radius 2 is 1.60 bits per heavy atom. The molecule has 4 heteroatoms. The Hall–Kier alpha value is -0.770. The van der Waals surface area contributed by atoms with Crippen LogP contribution in [0.5, 0.6) is 0 Å². The molecule has 0 aromatic rings. The second kappa shape index (κ2) is 3.37. The van der Waals surface area contributed by atoms with Gasteiger partial charge in [0, 0.05) is 0 Å². The Kier molecular flexibility index (Phi) is 2.12. The summed E-state index contributed by atoms with van der Waals surface area (Å²) in [6, 6.07) is 0. The summed E-state index contributed by atoms with van der Waals surface area (Å²) in [7, 11) is 0. The zero-order chi connectivity index (χ0) is 10.4. The molecule has 0 unspecified atom stereocenters. The molecular formula is C11H18N2O2. The fourth-order valence-electron chi connectivity index (χ4n) is 4.23. The maximum absolute atomic E-state index is 11.1. The van der Waals surface area contributed by atoms with Crippen LogP contribution in [0.4, 0.5) is 4.79 Å². The van der Waals surface area contributed by atoms with E-state index in [0.29, 0.717) is 11.8 Å². The van der Waals surface area contributed by atoms with Gasteiger partial charge in [-0.2, -0.15) is 0 Å². The number of rotatable bonds is 1. The first-order valence-electron chi connectivity index (χ1n) is 5.93. The predicted octanol–water partition coefficient (Wildman–Crippen LogP) is 1.41. The molecule has 0 spiro atoms. The number of nitrogens with two attached hydrogens (primary N) is 1. The van der Waals surface area contributed by atoms with Crippen molar-refractivity contribution in [2.24, 2.45) is 29.5 Å². The standard InChI is InChI=1S/C11H18N2O2/c12-13-11(14)15-10-8-2-6-1-7(4-8)5-9(10)3-6/h6-10H,1-5,12H2,(H,13,14). The van der Waals surface area contributed by atoms with Gasteiger partial charge in [-0.25, -0.2) is 10.6 Å². The second-order valence-electron chi connectivity index (χ2n) is 5.44. The Balaban J connectivity index is 1.72. The van der Waals surface area contributed by atoms with Gasteiger partial charge in [-0.3, -0.25) is 5.43 Å². The fraction of sp³-hybridized carbons (Fsp3) is 0.909. The summed E-state index contributed by atoms with van der Waals surface area (Å²) in [6.45, 7) is 0. The summed E-state index contributed by atoms with van der Waals surface area (Å²) in [5.41, 5.74) is 2.06. The van der Waals surface area contributed by atoms with Crippen LogP contribution in [0.25, 0.3) is 0 Å². The number of amides is 1. The molecule has 0 aliphatic heterocycles. The van der Waals surface area contributed by atoms with Gasteiger partial charge in [0.2, 0.25) is 0 Å². The zero-order valence-corrected chi connectivity index (χ0v) is 8.82. The lowest BCUT2D eigenvalue weighted by atomic mass is 9.55. The minimum atomic E-state index is -0.465. The first-order valence-corrected chi connectivity index (χ1v) is 5.93. The molecule has 4 nitrogen and oxygen atoms in total. The molecule has 0 heterocycles. The van der Waals surface area contributed by atoms with Crippen LogP contribution in [0.3, 0.4) is 0 Å². The number of hydrogen-bond donors (Lipinski definition) is 2. The maximum atomic E-state index is 11.1. The molecule has 4 aliphatic carbocycles. The summed E-state index contributed by atoms with van der Waals surface area (Å²) >= 11 is 0. The highest BCUT2D eigenvalue weighted by atomic mass is 16.6. The number of nitrogens with one attached hydrogen (secondary N) is 1. The Labute approximate surface area is 89.5 Å². The normalized spacial score (nSPS) is 46.6. The highest BCUT2D eigenvalue weighted by Crippen LogP contribution is 2.54. The topological polar surface area (TPSA) is 64.3 Å². The third-order valence-corrected chi connectivity index (χ3v) is 4.50. The molecule has 0 atom stereocenters. The van der Waals surface area contributed by atoms with E-state index in [1.54, 1.807) is 0 Å². The molecule has 4 saturated carbocycles. The number of hydrogen-bond acceptors (Lipinski definition) is 3. The number of carbonyl (C=O) groups is 1. The van der Waals surface area contributed by atoms with Gasteiger partial charge in [0.05, 0.1) is 0 Å². The molecule has 0 saturated heterocycles. The molecule has 84 valence electrons. The first kappa shape index (κ1) is 9.46. The van der Waals surface area contributed by atoms with Crippen molar-refractivity contribution in [3.8, 4) is 0 Å². The van der Waals surface area contributed by atoms with E-state index in [0.717, 1.165) is 11.8 Å². The maximum Gasteiger partial charge on any atom is 0.421 e. The van der Waals surface area contributed by atoms with Gasteiger partial charge in [-0.05, 0) is 55.8 Å². The monoisotopic (exact) mass is 210 g/mol. The van der Waals surface area contributed by atoms with E-state index in [9.17, 15) is 4.79 Å². The molecule has 15 heavy (non-hydrogen) atoms. The van der Waals surface area contributed by atoms with Crippen molar-refractivity contribution in [3.63, 3.8) is 0 Å². The van der Waals surface area contributed by atoms with Crippen LogP contribution in [-0.2, 0) is 4.74 Å². The van der Waals surface area contributed by atoms with E-state index >= 15 is 0 Å². The van der Waals surface area contributed by atoms with E-state index in [1.807, 2.05) is 0 Å². The Morgan fingerprint density at radius 3 is 2.07 bits per heavy atom. The van der Waals surface area contributed by atoms with Gasteiger partial charge in [0.25, 0.3) is 0 Å². The second-order valence-corrected chi connectivity index (χ2v) is 5.44. The van der Waals surface area contributed by atoms with Gasteiger partial charge in [0.1, 0.15) is 6.10 Å². The minimum Gasteiger partial charge on any atom is -0.445 e. The van der Waals surface area contributed by atoms with Crippen LogP contribution in [0, 0.1) is 23.7 Å². The molecule has 4 bridgehead atoms. The smallest absolute Gasteiger partial charge is 0.421 e. The summed E-state index contributed by atoms with van der Waals surface area (Å²) in [4.78, 5) is 11.1. The minimum absolute atomic E-state index is 0.140. The zero-order valence-electron chi connectivity index (χ0n) is 8.82. The van der Waals surface area contributed by atoms with Crippen molar-refractivity contribution in [1.82, 2.24) is 5.43 Å².